The third-order valence-electron chi connectivity index (χ3n) is 5.32. The number of sulfone groups is 1. The Bertz CT molecular complexity index is 1140. The van der Waals surface area contributed by atoms with Crippen molar-refractivity contribution in [1.82, 2.24) is 10.3 Å². The molecule has 0 aliphatic heterocycles. The van der Waals surface area contributed by atoms with Gasteiger partial charge in [0.25, 0.3) is 5.91 Å². The molecule has 1 aliphatic carbocycles. The van der Waals surface area contributed by atoms with Crippen LogP contribution in [0.15, 0.2) is 41.3 Å². The van der Waals surface area contributed by atoms with Crippen LogP contribution < -0.4 is 5.32 Å². The minimum absolute atomic E-state index is 0.0858. The number of rotatable bonds is 4. The third kappa shape index (κ3) is 5.78. The Balaban J connectivity index is 1.65. The summed E-state index contributed by atoms with van der Waals surface area (Å²) < 4.78 is 102. The van der Waals surface area contributed by atoms with E-state index >= 15 is 0 Å². The van der Waals surface area contributed by atoms with Gasteiger partial charge in [0.2, 0.25) is 0 Å². The highest BCUT2D eigenvalue weighted by Gasteiger charge is 2.36. The molecule has 3 rings (SSSR count). The second-order valence-corrected chi connectivity index (χ2v) is 10.1. The summed E-state index contributed by atoms with van der Waals surface area (Å²) in [5.41, 5.74) is -2.57. The Kier molecular flexibility index (Phi) is 6.99. The molecule has 1 aromatic heterocycles. The maximum absolute atomic E-state index is 12.9. The maximum atomic E-state index is 12.9. The van der Waals surface area contributed by atoms with Crippen molar-refractivity contribution in [2.45, 2.75) is 54.2 Å². The van der Waals surface area contributed by atoms with Crippen LogP contribution in [0, 0.1) is 0 Å². The first-order valence-corrected chi connectivity index (χ1v) is 11.6. The largest absolute Gasteiger partial charge is 0.433 e. The van der Waals surface area contributed by atoms with E-state index in [-0.39, 0.29) is 31.2 Å². The lowest BCUT2D eigenvalue weighted by Crippen LogP contribution is -2.40. The Morgan fingerprint density at radius 1 is 0.970 bits per heavy atom. The summed E-state index contributed by atoms with van der Waals surface area (Å²) in [6.07, 6.45) is -8.81. The van der Waals surface area contributed by atoms with Crippen molar-refractivity contribution in [3.05, 3.63) is 58.4 Å². The van der Waals surface area contributed by atoms with Gasteiger partial charge in [0.05, 0.1) is 21.3 Å². The van der Waals surface area contributed by atoms with E-state index in [0.717, 1.165) is 24.3 Å². The lowest BCUT2D eigenvalue weighted by molar-refractivity contribution is -0.141. The molecule has 1 aromatic carbocycles. The number of hydrogen-bond acceptors (Lipinski definition) is 4. The normalized spacial score (nSPS) is 19.8. The van der Waals surface area contributed by atoms with Crippen molar-refractivity contribution in [2.75, 3.05) is 0 Å². The van der Waals surface area contributed by atoms with E-state index in [9.17, 15) is 39.6 Å². The summed E-state index contributed by atoms with van der Waals surface area (Å²) in [5.74, 6) is -0.759. The van der Waals surface area contributed by atoms with E-state index in [0.29, 0.717) is 12.1 Å². The fourth-order valence-electron chi connectivity index (χ4n) is 3.58. The van der Waals surface area contributed by atoms with Gasteiger partial charge in [0, 0.05) is 6.04 Å². The molecule has 180 valence electrons. The van der Waals surface area contributed by atoms with Crippen molar-refractivity contribution in [3.8, 4) is 0 Å². The molecule has 1 saturated carbocycles. The molecule has 2 aromatic rings. The molecule has 13 heteroatoms. The summed E-state index contributed by atoms with van der Waals surface area (Å²) in [6.45, 7) is 0. The molecule has 5 nitrogen and oxygen atoms in total. The van der Waals surface area contributed by atoms with E-state index < -0.39 is 60.7 Å². The van der Waals surface area contributed by atoms with Crippen LogP contribution in [-0.4, -0.2) is 30.6 Å². The number of halogens is 7. The molecule has 0 radical (unpaired) electrons. The number of carbonyl (C=O) groups is 1. The minimum atomic E-state index is -4.72. The monoisotopic (exact) mass is 514 g/mol. The molecule has 1 aliphatic rings. The number of carbonyl (C=O) groups excluding carboxylic acids is 1. The highest BCUT2D eigenvalue weighted by atomic mass is 35.5. The molecule has 0 saturated heterocycles. The van der Waals surface area contributed by atoms with E-state index in [2.05, 4.69) is 10.3 Å². The van der Waals surface area contributed by atoms with Crippen LogP contribution in [0.5, 0.6) is 0 Å². The Labute approximate surface area is 190 Å². The van der Waals surface area contributed by atoms with Crippen LogP contribution in [0.2, 0.25) is 5.15 Å². The van der Waals surface area contributed by atoms with Crippen molar-refractivity contribution >= 4 is 27.3 Å². The number of alkyl halides is 6. The fourth-order valence-corrected chi connectivity index (χ4v) is 5.66. The molecule has 1 fully saturated rings. The summed E-state index contributed by atoms with van der Waals surface area (Å²) in [5, 5.41) is 1.04. The van der Waals surface area contributed by atoms with Gasteiger partial charge in [-0.25, -0.2) is 13.4 Å². The zero-order valence-corrected chi connectivity index (χ0v) is 18.2. The predicted octanol–water partition coefficient (Wildman–Crippen LogP) is 5.29. The van der Waals surface area contributed by atoms with E-state index in [4.69, 9.17) is 11.6 Å². The second-order valence-electron chi connectivity index (χ2n) is 7.55. The highest BCUT2D eigenvalue weighted by Crippen LogP contribution is 2.34. The summed E-state index contributed by atoms with van der Waals surface area (Å²) in [6, 6.07) is 4.57. The number of hydrogen-bond donors (Lipinski definition) is 1. The molecule has 1 heterocycles. The molecule has 0 spiro atoms. The smallest absolute Gasteiger partial charge is 0.349 e. The van der Waals surface area contributed by atoms with Gasteiger partial charge in [-0.1, -0.05) is 17.7 Å². The van der Waals surface area contributed by atoms with Crippen LogP contribution in [0.4, 0.5) is 26.3 Å². The SMILES string of the molecule is O=C(NC1CCC(S(=O)(=O)c2cccc(C(F)(F)F)c2)CC1)c1ccc(C(F)(F)F)nc1Cl. The molecule has 0 atom stereocenters. The highest BCUT2D eigenvalue weighted by molar-refractivity contribution is 7.92. The minimum Gasteiger partial charge on any atom is -0.349 e. The van der Waals surface area contributed by atoms with Gasteiger partial charge < -0.3 is 5.32 Å². The Hall–Kier alpha value is -2.34. The van der Waals surface area contributed by atoms with Gasteiger partial charge in [0.15, 0.2) is 9.84 Å². The van der Waals surface area contributed by atoms with Crippen LogP contribution in [-0.2, 0) is 22.2 Å². The first-order chi connectivity index (χ1) is 15.2. The number of nitrogens with one attached hydrogen (secondary N) is 1. The predicted molar refractivity (Wildman–Crippen MR) is 106 cm³/mol. The number of aromatic nitrogens is 1. The second kappa shape index (κ2) is 9.13. The Morgan fingerprint density at radius 3 is 2.15 bits per heavy atom. The van der Waals surface area contributed by atoms with E-state index in [1.807, 2.05) is 0 Å². The van der Waals surface area contributed by atoms with Crippen LogP contribution in [0.25, 0.3) is 0 Å². The quantitative estimate of drug-likeness (QED) is 0.444. The first kappa shape index (κ1) is 25.3. The van der Waals surface area contributed by atoms with E-state index in [1.165, 1.54) is 0 Å². The van der Waals surface area contributed by atoms with Gasteiger partial charge in [-0.3, -0.25) is 4.79 Å². The number of benzene rings is 1. The summed E-state index contributed by atoms with van der Waals surface area (Å²) >= 11 is 5.71. The Morgan fingerprint density at radius 2 is 1.61 bits per heavy atom. The average molecular weight is 515 g/mol. The molecule has 0 bridgehead atoms. The lowest BCUT2D eigenvalue weighted by Gasteiger charge is -2.29. The number of amides is 1. The maximum Gasteiger partial charge on any atom is 0.433 e. The number of pyridine rings is 1. The van der Waals surface area contributed by atoms with Crippen LogP contribution in [0.1, 0.15) is 47.3 Å². The van der Waals surface area contributed by atoms with Gasteiger partial charge in [-0.05, 0) is 56.0 Å². The van der Waals surface area contributed by atoms with Crippen LogP contribution >= 0.6 is 11.6 Å². The molecular weight excluding hydrogens is 498 g/mol. The fraction of sp³-hybridized carbons (Fsp3) is 0.400. The molecule has 1 N–H and O–H groups in total. The van der Waals surface area contributed by atoms with Gasteiger partial charge >= 0.3 is 12.4 Å². The zero-order chi connectivity index (χ0) is 24.6. The van der Waals surface area contributed by atoms with Gasteiger partial charge in [-0.2, -0.15) is 26.3 Å². The van der Waals surface area contributed by atoms with Crippen molar-refractivity contribution in [3.63, 3.8) is 0 Å². The molecular formula is C20H17ClF6N2O3S. The lowest BCUT2D eigenvalue weighted by atomic mass is 9.95. The number of nitrogens with zero attached hydrogens (tertiary/aromatic N) is 1. The zero-order valence-electron chi connectivity index (χ0n) is 16.7. The molecule has 0 unspecified atom stereocenters. The topological polar surface area (TPSA) is 76.1 Å². The van der Waals surface area contributed by atoms with Gasteiger partial charge in [0.1, 0.15) is 10.8 Å². The summed E-state index contributed by atoms with van der Waals surface area (Å²) in [4.78, 5) is 15.1. The average Bonchev–Trinajstić information content (AvgIpc) is 2.73. The van der Waals surface area contributed by atoms with Crippen LogP contribution in [0.3, 0.4) is 0 Å². The van der Waals surface area contributed by atoms with Gasteiger partial charge in [-0.15, -0.1) is 0 Å². The van der Waals surface area contributed by atoms with E-state index in [1.54, 1.807) is 0 Å². The standard InChI is InChI=1S/C20H17ClF6N2O3S/c21-17-15(8-9-16(29-17)20(25,26)27)18(30)28-12-4-6-13(7-5-12)33(31,32)14-3-1-2-11(10-14)19(22,23)24/h1-3,8-10,12-13H,4-7H2,(H,28,30). The summed E-state index contributed by atoms with van der Waals surface area (Å²) in [7, 11) is -4.02. The van der Waals surface area contributed by atoms with Crippen molar-refractivity contribution in [1.29, 1.82) is 0 Å². The first-order valence-electron chi connectivity index (χ1n) is 9.65. The van der Waals surface area contributed by atoms with Crippen molar-refractivity contribution in [2.24, 2.45) is 0 Å². The molecule has 1 amide bonds. The van der Waals surface area contributed by atoms with Crippen molar-refractivity contribution < 1.29 is 39.6 Å². The third-order valence-corrected chi connectivity index (χ3v) is 7.87. The molecule has 33 heavy (non-hydrogen) atoms.